The van der Waals surface area contributed by atoms with Crippen molar-refractivity contribution in [3.05, 3.63) is 10.7 Å². The zero-order valence-electron chi connectivity index (χ0n) is 10.2. The van der Waals surface area contributed by atoms with E-state index in [4.69, 9.17) is 16.9 Å². The zero-order valence-corrected chi connectivity index (χ0v) is 11.8. The van der Waals surface area contributed by atoms with Crippen LogP contribution in [0.15, 0.2) is 0 Å². The molecule has 98 valence electrons. The predicted molar refractivity (Wildman–Crippen MR) is 72.9 cm³/mol. The molecule has 1 heterocycles. The Morgan fingerprint density at radius 1 is 1.67 bits per heavy atom. The molecule has 0 radical (unpaired) electrons. The molecular formula is C12H16ClN3OS. The number of aromatic nitrogens is 1. The van der Waals surface area contributed by atoms with Gasteiger partial charge in [0.05, 0.1) is 6.10 Å². The summed E-state index contributed by atoms with van der Waals surface area (Å²) in [6, 6.07) is 2.05. The summed E-state index contributed by atoms with van der Waals surface area (Å²) in [6.45, 7) is 2.72. The van der Waals surface area contributed by atoms with Crippen LogP contribution in [0.1, 0.15) is 38.2 Å². The molecule has 1 aliphatic carbocycles. The minimum atomic E-state index is -0.285. The van der Waals surface area contributed by atoms with Gasteiger partial charge >= 0.3 is 0 Å². The lowest BCUT2D eigenvalue weighted by atomic mass is 9.73. The van der Waals surface area contributed by atoms with Gasteiger partial charge in [-0.1, -0.05) is 31.4 Å². The number of anilines is 1. The molecule has 0 aromatic carbocycles. The standard InChI is InChI=1S/C12H16ClN3OS/c1-12(5-3-2-4-9(12)17)7-15-11-8(6-14)10(13)16-18-11/h9,15,17H,2-5,7H2,1H3. The van der Waals surface area contributed by atoms with Gasteiger partial charge in [0.15, 0.2) is 5.15 Å². The molecule has 1 aliphatic rings. The largest absolute Gasteiger partial charge is 0.392 e. The van der Waals surface area contributed by atoms with Gasteiger partial charge in [0.25, 0.3) is 0 Å². The van der Waals surface area contributed by atoms with E-state index in [1.165, 1.54) is 11.5 Å². The summed E-state index contributed by atoms with van der Waals surface area (Å²) < 4.78 is 3.95. The van der Waals surface area contributed by atoms with E-state index in [2.05, 4.69) is 16.6 Å². The first-order valence-corrected chi connectivity index (χ1v) is 7.19. The summed E-state index contributed by atoms with van der Waals surface area (Å²) in [6.07, 6.45) is 3.80. The normalized spacial score (nSPS) is 27.8. The van der Waals surface area contributed by atoms with E-state index in [0.29, 0.717) is 17.1 Å². The van der Waals surface area contributed by atoms with Crippen LogP contribution in [0.3, 0.4) is 0 Å². The molecule has 1 fully saturated rings. The van der Waals surface area contributed by atoms with Crippen LogP contribution in [0.5, 0.6) is 0 Å². The third kappa shape index (κ3) is 2.61. The third-order valence-electron chi connectivity index (χ3n) is 3.69. The Morgan fingerprint density at radius 3 is 3.11 bits per heavy atom. The molecule has 0 amide bonds. The number of hydrogen-bond acceptors (Lipinski definition) is 5. The Kier molecular flexibility index (Phi) is 4.10. The van der Waals surface area contributed by atoms with E-state index >= 15 is 0 Å². The van der Waals surface area contributed by atoms with Crippen molar-refractivity contribution in [2.45, 2.75) is 38.7 Å². The minimum absolute atomic E-state index is 0.137. The van der Waals surface area contributed by atoms with Gasteiger partial charge in [0.2, 0.25) is 0 Å². The third-order valence-corrected chi connectivity index (χ3v) is 4.87. The molecule has 0 aliphatic heterocycles. The molecule has 2 unspecified atom stereocenters. The highest BCUT2D eigenvalue weighted by molar-refractivity contribution is 7.10. The predicted octanol–water partition coefficient (Wildman–Crippen LogP) is 3.02. The van der Waals surface area contributed by atoms with Crippen molar-refractivity contribution in [2.75, 3.05) is 11.9 Å². The fraction of sp³-hybridized carbons (Fsp3) is 0.667. The molecular weight excluding hydrogens is 270 g/mol. The second-order valence-corrected chi connectivity index (χ2v) is 6.19. The van der Waals surface area contributed by atoms with Gasteiger partial charge in [-0.15, -0.1) is 0 Å². The average Bonchev–Trinajstić information content (AvgIpc) is 2.71. The maximum atomic E-state index is 10.1. The van der Waals surface area contributed by atoms with Gasteiger partial charge in [-0.25, -0.2) is 0 Å². The molecule has 2 rings (SSSR count). The average molecular weight is 286 g/mol. The van der Waals surface area contributed by atoms with E-state index in [0.717, 1.165) is 25.7 Å². The first kappa shape index (κ1) is 13.6. The fourth-order valence-corrected chi connectivity index (χ4v) is 3.29. The lowest BCUT2D eigenvalue weighted by molar-refractivity contribution is 0.00966. The molecule has 2 N–H and O–H groups in total. The maximum Gasteiger partial charge on any atom is 0.162 e. The molecule has 1 aromatic heterocycles. The summed E-state index contributed by atoms with van der Waals surface area (Å²) in [7, 11) is 0. The summed E-state index contributed by atoms with van der Waals surface area (Å²) in [5.74, 6) is 0. The van der Waals surface area contributed by atoms with E-state index in [1.807, 2.05) is 6.07 Å². The van der Waals surface area contributed by atoms with E-state index in [1.54, 1.807) is 0 Å². The molecule has 0 spiro atoms. The van der Waals surface area contributed by atoms with Crippen molar-refractivity contribution >= 4 is 28.1 Å². The van der Waals surface area contributed by atoms with Crippen molar-refractivity contribution < 1.29 is 5.11 Å². The molecule has 4 nitrogen and oxygen atoms in total. The van der Waals surface area contributed by atoms with Gasteiger partial charge in [-0.3, -0.25) is 0 Å². The van der Waals surface area contributed by atoms with E-state index in [-0.39, 0.29) is 16.7 Å². The molecule has 18 heavy (non-hydrogen) atoms. The van der Waals surface area contributed by atoms with Gasteiger partial charge in [-0.2, -0.15) is 9.64 Å². The summed E-state index contributed by atoms with van der Waals surface area (Å²) in [5, 5.41) is 23.2. The van der Waals surface area contributed by atoms with Crippen LogP contribution in [0.4, 0.5) is 5.00 Å². The molecule has 2 atom stereocenters. The Labute approximate surface area is 116 Å². The summed E-state index contributed by atoms with van der Waals surface area (Å²) >= 11 is 7.01. The van der Waals surface area contributed by atoms with Crippen molar-refractivity contribution in [1.29, 1.82) is 5.26 Å². The maximum absolute atomic E-state index is 10.1. The summed E-state index contributed by atoms with van der Waals surface area (Å²) in [5.41, 5.74) is 0.261. The first-order chi connectivity index (χ1) is 8.57. The van der Waals surface area contributed by atoms with Crippen LogP contribution in [0, 0.1) is 16.7 Å². The Bertz CT molecular complexity index is 470. The highest BCUT2D eigenvalue weighted by atomic mass is 35.5. The molecule has 0 saturated heterocycles. The van der Waals surface area contributed by atoms with Gasteiger partial charge in [0, 0.05) is 12.0 Å². The lowest BCUT2D eigenvalue weighted by Gasteiger charge is -2.38. The Morgan fingerprint density at radius 2 is 2.44 bits per heavy atom. The lowest BCUT2D eigenvalue weighted by Crippen LogP contribution is -2.41. The van der Waals surface area contributed by atoms with Crippen molar-refractivity contribution in [2.24, 2.45) is 5.41 Å². The van der Waals surface area contributed by atoms with Crippen molar-refractivity contribution in [3.8, 4) is 6.07 Å². The van der Waals surface area contributed by atoms with Gasteiger partial charge in [-0.05, 0) is 24.4 Å². The number of nitriles is 1. The van der Waals surface area contributed by atoms with Crippen LogP contribution >= 0.6 is 23.1 Å². The fourth-order valence-electron chi connectivity index (χ4n) is 2.36. The number of nitrogens with zero attached hydrogens (tertiary/aromatic N) is 2. The van der Waals surface area contributed by atoms with Gasteiger partial charge < -0.3 is 10.4 Å². The van der Waals surface area contributed by atoms with Crippen LogP contribution in [0.25, 0.3) is 0 Å². The zero-order chi connectivity index (χ0) is 13.2. The van der Waals surface area contributed by atoms with Crippen molar-refractivity contribution in [3.63, 3.8) is 0 Å². The number of aliphatic hydroxyl groups excluding tert-OH is 1. The first-order valence-electron chi connectivity index (χ1n) is 6.04. The van der Waals surface area contributed by atoms with E-state index in [9.17, 15) is 5.11 Å². The number of rotatable bonds is 3. The number of halogens is 1. The van der Waals surface area contributed by atoms with E-state index < -0.39 is 0 Å². The highest BCUT2D eigenvalue weighted by Gasteiger charge is 2.35. The smallest absolute Gasteiger partial charge is 0.162 e. The number of hydrogen-bond donors (Lipinski definition) is 2. The Balaban J connectivity index is 2.05. The highest BCUT2D eigenvalue weighted by Crippen LogP contribution is 2.37. The molecule has 0 bridgehead atoms. The SMILES string of the molecule is CC1(CNc2snc(Cl)c2C#N)CCCCC1O. The Hall–Kier alpha value is -0.830. The monoisotopic (exact) mass is 285 g/mol. The van der Waals surface area contributed by atoms with Crippen LogP contribution in [-0.2, 0) is 0 Å². The topological polar surface area (TPSA) is 68.9 Å². The summed E-state index contributed by atoms with van der Waals surface area (Å²) in [4.78, 5) is 0. The van der Waals surface area contributed by atoms with Crippen LogP contribution in [-0.4, -0.2) is 22.1 Å². The van der Waals surface area contributed by atoms with Crippen LogP contribution < -0.4 is 5.32 Å². The molecule has 1 saturated carbocycles. The molecule has 1 aromatic rings. The second-order valence-electron chi connectivity index (χ2n) is 5.06. The van der Waals surface area contributed by atoms with Crippen LogP contribution in [0.2, 0.25) is 5.15 Å². The molecule has 6 heteroatoms. The van der Waals surface area contributed by atoms with Gasteiger partial charge in [0.1, 0.15) is 16.6 Å². The number of aliphatic hydroxyl groups is 1. The van der Waals surface area contributed by atoms with Crippen molar-refractivity contribution in [1.82, 2.24) is 4.37 Å². The second kappa shape index (κ2) is 5.43. The number of nitrogens with one attached hydrogen (secondary N) is 1. The quantitative estimate of drug-likeness (QED) is 0.896. The minimum Gasteiger partial charge on any atom is -0.392 e.